The minimum absolute atomic E-state index is 0.0254. The Morgan fingerprint density at radius 1 is 1.16 bits per heavy atom. The van der Waals surface area contributed by atoms with Gasteiger partial charge in [0.15, 0.2) is 5.75 Å². The number of amides is 1. The molecule has 31 heavy (non-hydrogen) atoms. The Morgan fingerprint density at radius 2 is 2.06 bits per heavy atom. The highest BCUT2D eigenvalue weighted by Crippen LogP contribution is 2.39. The summed E-state index contributed by atoms with van der Waals surface area (Å²) in [6, 6.07) is 14.7. The van der Waals surface area contributed by atoms with E-state index in [2.05, 4.69) is 21.3 Å². The van der Waals surface area contributed by atoms with Crippen molar-refractivity contribution in [3.8, 4) is 5.75 Å². The van der Waals surface area contributed by atoms with Gasteiger partial charge in [-0.05, 0) is 56.0 Å². The number of nitrogens with zero attached hydrogens (tertiary/aromatic N) is 2. The highest BCUT2D eigenvalue weighted by molar-refractivity contribution is 5.94. The monoisotopic (exact) mass is 418 g/mol. The van der Waals surface area contributed by atoms with Crippen molar-refractivity contribution in [3.05, 3.63) is 59.4 Å². The summed E-state index contributed by atoms with van der Waals surface area (Å²) in [5, 5.41) is 3.28. The Balaban J connectivity index is 1.21. The molecule has 7 nitrogen and oxygen atoms in total. The third kappa shape index (κ3) is 3.68. The maximum atomic E-state index is 13.0. The lowest BCUT2D eigenvalue weighted by Crippen LogP contribution is -2.47. The number of H-pyrrole nitrogens is 1. The minimum Gasteiger partial charge on any atom is -0.349 e. The summed E-state index contributed by atoms with van der Waals surface area (Å²) in [5.41, 5.74) is 3.76. The number of nitrogens with one attached hydrogen (secondary N) is 2. The molecule has 0 spiro atoms. The molecule has 2 N–H and O–H groups in total. The van der Waals surface area contributed by atoms with Crippen molar-refractivity contribution in [2.75, 3.05) is 13.2 Å². The summed E-state index contributed by atoms with van der Waals surface area (Å²) < 4.78 is 0. The largest absolute Gasteiger partial charge is 0.349 e. The number of aromatic nitrogens is 2. The number of hydrogen-bond acceptors (Lipinski definition) is 5. The first-order chi connectivity index (χ1) is 15.2. The second-order valence-electron chi connectivity index (χ2n) is 8.80. The quantitative estimate of drug-likeness (QED) is 0.634. The molecule has 7 heteroatoms. The molecule has 1 amide bonds. The van der Waals surface area contributed by atoms with E-state index in [0.29, 0.717) is 24.0 Å². The molecule has 3 aromatic rings. The number of likely N-dealkylation sites (tertiary alicyclic amines) is 1. The normalized spacial score (nSPS) is 23.9. The van der Waals surface area contributed by atoms with E-state index < -0.39 is 0 Å². The molecule has 2 aliphatic heterocycles. The second kappa shape index (κ2) is 7.66. The van der Waals surface area contributed by atoms with Crippen LogP contribution in [0.3, 0.4) is 0 Å². The highest BCUT2D eigenvalue weighted by Gasteiger charge is 2.40. The van der Waals surface area contributed by atoms with Gasteiger partial charge < -0.3 is 15.2 Å². The number of benzene rings is 2. The van der Waals surface area contributed by atoms with Crippen LogP contribution >= 0.6 is 0 Å². The molecule has 6 rings (SSSR count). The molecule has 1 aromatic heterocycles. The molecule has 0 unspecified atom stereocenters. The van der Waals surface area contributed by atoms with Gasteiger partial charge in [-0.3, -0.25) is 9.69 Å². The van der Waals surface area contributed by atoms with Crippen molar-refractivity contribution in [1.82, 2.24) is 20.2 Å². The van der Waals surface area contributed by atoms with Crippen LogP contribution in [0.4, 0.5) is 0 Å². The van der Waals surface area contributed by atoms with E-state index in [1.165, 1.54) is 12.8 Å². The summed E-state index contributed by atoms with van der Waals surface area (Å²) in [6.07, 6.45) is 5.10. The summed E-state index contributed by atoms with van der Waals surface area (Å²) in [6.45, 7) is 1.49. The standard InChI is InChI=1S/C24H26N4O3/c29-24(16-5-8-22-15(13-16)10-12-30-31-22)25-17-9-11-28(18-6-7-18)21(14-17)23-26-19-3-1-2-4-20(19)27-23/h1-5,8,13,17-18,21H,6-7,9-12,14H2,(H,25,29)(H,26,27)/t17-,21-/m1/s1. The maximum Gasteiger partial charge on any atom is 0.251 e. The number of hydrogen-bond donors (Lipinski definition) is 2. The van der Waals surface area contributed by atoms with Crippen LogP contribution in [0.5, 0.6) is 5.75 Å². The van der Waals surface area contributed by atoms with E-state index in [0.717, 1.165) is 48.2 Å². The highest BCUT2D eigenvalue weighted by atomic mass is 17.2. The lowest BCUT2D eigenvalue weighted by molar-refractivity contribution is -0.215. The molecule has 3 aliphatic rings. The summed E-state index contributed by atoms with van der Waals surface area (Å²) in [5.74, 6) is 1.69. The van der Waals surface area contributed by atoms with Crippen LogP contribution in [0.15, 0.2) is 42.5 Å². The molecular weight excluding hydrogens is 392 g/mol. The summed E-state index contributed by atoms with van der Waals surface area (Å²) in [4.78, 5) is 34.2. The molecule has 2 fully saturated rings. The number of rotatable bonds is 4. The van der Waals surface area contributed by atoms with Gasteiger partial charge in [-0.15, -0.1) is 0 Å². The predicted octanol–water partition coefficient (Wildman–Crippen LogP) is 3.53. The molecule has 160 valence electrons. The first-order valence-electron chi connectivity index (χ1n) is 11.2. The van der Waals surface area contributed by atoms with Gasteiger partial charge >= 0.3 is 0 Å². The van der Waals surface area contributed by atoms with Crippen molar-refractivity contribution >= 4 is 16.9 Å². The fourth-order valence-corrected chi connectivity index (χ4v) is 4.88. The van der Waals surface area contributed by atoms with Gasteiger partial charge in [0.2, 0.25) is 0 Å². The Kier molecular flexibility index (Phi) is 4.65. The van der Waals surface area contributed by atoms with Crippen LogP contribution in [-0.2, 0) is 11.3 Å². The van der Waals surface area contributed by atoms with Crippen LogP contribution < -0.4 is 10.2 Å². The zero-order chi connectivity index (χ0) is 20.8. The summed E-state index contributed by atoms with van der Waals surface area (Å²) in [7, 11) is 0. The average molecular weight is 418 g/mol. The zero-order valence-corrected chi connectivity index (χ0v) is 17.3. The molecule has 0 bridgehead atoms. The number of carbonyl (C=O) groups is 1. The van der Waals surface area contributed by atoms with E-state index in [4.69, 9.17) is 14.8 Å². The van der Waals surface area contributed by atoms with Crippen LogP contribution in [0, 0.1) is 0 Å². The number of carbonyl (C=O) groups excluding carboxylic acids is 1. The maximum absolute atomic E-state index is 13.0. The van der Waals surface area contributed by atoms with Gasteiger partial charge in [0, 0.05) is 36.2 Å². The third-order valence-corrected chi connectivity index (χ3v) is 6.64. The first kappa shape index (κ1) is 18.8. The third-order valence-electron chi connectivity index (χ3n) is 6.64. The molecule has 1 saturated heterocycles. The van der Waals surface area contributed by atoms with Crippen LogP contribution in [-0.4, -0.2) is 46.0 Å². The zero-order valence-electron chi connectivity index (χ0n) is 17.3. The smallest absolute Gasteiger partial charge is 0.251 e. The number of aromatic amines is 1. The Bertz CT molecular complexity index is 1090. The number of piperidine rings is 1. The molecular formula is C24H26N4O3. The lowest BCUT2D eigenvalue weighted by atomic mass is 9.95. The van der Waals surface area contributed by atoms with Crippen molar-refractivity contribution in [3.63, 3.8) is 0 Å². The van der Waals surface area contributed by atoms with Gasteiger partial charge in [-0.25, -0.2) is 4.98 Å². The Labute approximate surface area is 180 Å². The first-order valence-corrected chi connectivity index (χ1v) is 11.2. The molecule has 0 radical (unpaired) electrons. The van der Waals surface area contributed by atoms with Gasteiger partial charge in [0.05, 0.1) is 23.7 Å². The van der Waals surface area contributed by atoms with Crippen LogP contribution in [0.2, 0.25) is 0 Å². The molecule has 2 atom stereocenters. The van der Waals surface area contributed by atoms with Crippen molar-refractivity contribution in [2.24, 2.45) is 0 Å². The second-order valence-corrected chi connectivity index (χ2v) is 8.80. The minimum atomic E-state index is -0.0254. The SMILES string of the molecule is O=C(N[C@@H]1CCN(C2CC2)[C@@H](c2nc3ccccc3[nH]2)C1)c1ccc2c(c1)CCOO2. The van der Waals surface area contributed by atoms with E-state index in [1.807, 2.05) is 30.3 Å². The van der Waals surface area contributed by atoms with Crippen molar-refractivity contribution in [2.45, 2.75) is 50.2 Å². The number of para-hydroxylation sites is 2. The van der Waals surface area contributed by atoms with Gasteiger partial charge in [-0.1, -0.05) is 12.1 Å². The Morgan fingerprint density at radius 3 is 2.94 bits per heavy atom. The predicted molar refractivity (Wildman–Crippen MR) is 116 cm³/mol. The fraction of sp³-hybridized carbons (Fsp3) is 0.417. The van der Waals surface area contributed by atoms with Crippen molar-refractivity contribution in [1.29, 1.82) is 0 Å². The van der Waals surface area contributed by atoms with E-state index in [9.17, 15) is 4.79 Å². The van der Waals surface area contributed by atoms with Crippen LogP contribution in [0.25, 0.3) is 11.0 Å². The number of imidazole rings is 1. The topological polar surface area (TPSA) is 79.5 Å². The summed E-state index contributed by atoms with van der Waals surface area (Å²) >= 11 is 0. The number of fused-ring (bicyclic) bond motifs is 2. The van der Waals surface area contributed by atoms with E-state index in [-0.39, 0.29) is 18.0 Å². The molecule has 3 heterocycles. The van der Waals surface area contributed by atoms with E-state index >= 15 is 0 Å². The van der Waals surface area contributed by atoms with Crippen molar-refractivity contribution < 1.29 is 14.6 Å². The molecule has 2 aromatic carbocycles. The molecule has 1 saturated carbocycles. The van der Waals surface area contributed by atoms with Gasteiger partial charge in [0.1, 0.15) is 5.82 Å². The molecule has 1 aliphatic carbocycles. The van der Waals surface area contributed by atoms with Gasteiger partial charge in [-0.2, -0.15) is 4.89 Å². The lowest BCUT2D eigenvalue weighted by Gasteiger charge is -2.39. The van der Waals surface area contributed by atoms with Gasteiger partial charge in [0.25, 0.3) is 5.91 Å². The fourth-order valence-electron chi connectivity index (χ4n) is 4.88. The van der Waals surface area contributed by atoms with Crippen LogP contribution in [0.1, 0.15) is 53.5 Å². The average Bonchev–Trinajstić information content (AvgIpc) is 3.56. The van der Waals surface area contributed by atoms with E-state index in [1.54, 1.807) is 6.07 Å². The Hall–Kier alpha value is -2.90.